The number of nitrogens with two attached hydrogens (primary N) is 1. The summed E-state index contributed by atoms with van der Waals surface area (Å²) in [5.41, 5.74) is 5.59. The van der Waals surface area contributed by atoms with Crippen LogP contribution in [0.4, 0.5) is 16.2 Å². The predicted octanol–water partition coefficient (Wildman–Crippen LogP) is 2.36. The van der Waals surface area contributed by atoms with Crippen LogP contribution in [0.2, 0.25) is 0 Å². The van der Waals surface area contributed by atoms with Crippen molar-refractivity contribution < 1.29 is 4.39 Å². The van der Waals surface area contributed by atoms with E-state index < -0.39 is 0 Å². The van der Waals surface area contributed by atoms with Crippen LogP contribution in [0.15, 0.2) is 6.20 Å². The molecule has 2 aliphatic rings. The second-order valence-corrected chi connectivity index (χ2v) is 5.35. The fraction of sp³-hybridized carbons (Fsp3) is 0.692. The number of hydrogen-bond acceptors (Lipinski definition) is 4. The summed E-state index contributed by atoms with van der Waals surface area (Å²) in [7, 11) is 0. The number of rotatable bonds is 1. The maximum Gasteiger partial charge on any atom is 0.222 e. The minimum absolute atomic E-state index is 0.157. The van der Waals surface area contributed by atoms with E-state index in [-0.39, 0.29) is 11.8 Å². The summed E-state index contributed by atoms with van der Waals surface area (Å²) in [6.07, 6.45) is 8.53. The molecule has 3 rings (SSSR count). The molecule has 4 nitrogen and oxygen atoms in total. The topological polar surface area (TPSA) is 55.0 Å². The van der Waals surface area contributed by atoms with Crippen LogP contribution >= 0.6 is 0 Å². The molecule has 1 aliphatic carbocycles. The zero-order chi connectivity index (χ0) is 12.5. The Morgan fingerprint density at radius 2 is 2.00 bits per heavy atom. The minimum Gasteiger partial charge on any atom is -0.368 e. The van der Waals surface area contributed by atoms with Gasteiger partial charge in [-0.25, -0.2) is 9.37 Å². The van der Waals surface area contributed by atoms with Gasteiger partial charge in [0.05, 0.1) is 6.20 Å². The van der Waals surface area contributed by atoms with Gasteiger partial charge in [0.1, 0.15) is 0 Å². The number of piperidine rings is 1. The van der Waals surface area contributed by atoms with Crippen LogP contribution in [0, 0.1) is 11.7 Å². The summed E-state index contributed by atoms with van der Waals surface area (Å²) in [6.45, 7) is 0.883. The van der Waals surface area contributed by atoms with Gasteiger partial charge >= 0.3 is 0 Å². The zero-order valence-corrected chi connectivity index (χ0v) is 10.5. The van der Waals surface area contributed by atoms with E-state index >= 15 is 0 Å². The Morgan fingerprint density at radius 3 is 2.89 bits per heavy atom. The molecule has 1 aliphatic heterocycles. The van der Waals surface area contributed by atoms with Crippen molar-refractivity contribution in [1.29, 1.82) is 0 Å². The quantitative estimate of drug-likeness (QED) is 0.831. The Bertz CT molecular complexity index is 435. The van der Waals surface area contributed by atoms with Crippen LogP contribution in [0.1, 0.15) is 38.5 Å². The lowest BCUT2D eigenvalue weighted by atomic mass is 9.78. The number of hydrogen-bond donors (Lipinski definition) is 1. The molecule has 5 heteroatoms. The van der Waals surface area contributed by atoms with E-state index in [1.54, 1.807) is 0 Å². The highest BCUT2D eigenvalue weighted by Gasteiger charge is 2.35. The molecule has 98 valence electrons. The largest absolute Gasteiger partial charge is 0.368 e. The molecule has 1 aromatic heterocycles. The lowest BCUT2D eigenvalue weighted by Crippen LogP contribution is -2.47. The van der Waals surface area contributed by atoms with Crippen LogP contribution in [-0.2, 0) is 0 Å². The van der Waals surface area contributed by atoms with Gasteiger partial charge in [-0.2, -0.15) is 4.98 Å². The van der Waals surface area contributed by atoms with Gasteiger partial charge in [0.25, 0.3) is 0 Å². The second kappa shape index (κ2) is 4.71. The Kier molecular flexibility index (Phi) is 3.06. The normalized spacial score (nSPS) is 27.9. The van der Waals surface area contributed by atoms with Gasteiger partial charge in [0, 0.05) is 12.6 Å². The molecule has 0 amide bonds. The van der Waals surface area contributed by atoms with E-state index in [2.05, 4.69) is 14.9 Å². The first-order valence-electron chi connectivity index (χ1n) is 6.80. The Morgan fingerprint density at radius 1 is 1.22 bits per heavy atom. The first-order valence-corrected chi connectivity index (χ1v) is 6.80. The van der Waals surface area contributed by atoms with Crippen molar-refractivity contribution in [1.82, 2.24) is 9.97 Å². The van der Waals surface area contributed by atoms with E-state index in [0.29, 0.717) is 17.8 Å². The summed E-state index contributed by atoms with van der Waals surface area (Å²) in [4.78, 5) is 9.93. The van der Waals surface area contributed by atoms with Gasteiger partial charge in [-0.05, 0) is 31.6 Å². The summed E-state index contributed by atoms with van der Waals surface area (Å²) >= 11 is 0. The van der Waals surface area contributed by atoms with Gasteiger partial charge in [-0.15, -0.1) is 0 Å². The summed E-state index contributed by atoms with van der Waals surface area (Å²) in [5.74, 6) is 0.905. The van der Waals surface area contributed by atoms with E-state index in [9.17, 15) is 4.39 Å². The first kappa shape index (κ1) is 11.7. The van der Waals surface area contributed by atoms with Crippen LogP contribution in [0.3, 0.4) is 0 Å². The molecule has 2 atom stereocenters. The molecular formula is C13H19FN4. The summed E-state index contributed by atoms with van der Waals surface area (Å²) in [5, 5.41) is 0. The van der Waals surface area contributed by atoms with Crippen molar-refractivity contribution in [2.45, 2.75) is 44.6 Å². The Labute approximate surface area is 106 Å². The molecule has 2 fully saturated rings. The van der Waals surface area contributed by atoms with Gasteiger partial charge in [0.2, 0.25) is 5.95 Å². The van der Waals surface area contributed by atoms with Crippen molar-refractivity contribution in [2.24, 2.45) is 5.92 Å². The average molecular weight is 250 g/mol. The Hall–Kier alpha value is -1.39. The smallest absolute Gasteiger partial charge is 0.222 e. The molecular weight excluding hydrogens is 231 g/mol. The molecule has 1 saturated carbocycles. The minimum atomic E-state index is -0.351. The summed E-state index contributed by atoms with van der Waals surface area (Å²) < 4.78 is 13.9. The van der Waals surface area contributed by atoms with Gasteiger partial charge in [0.15, 0.2) is 11.6 Å². The van der Waals surface area contributed by atoms with Crippen molar-refractivity contribution >= 4 is 11.8 Å². The fourth-order valence-electron chi connectivity index (χ4n) is 3.46. The van der Waals surface area contributed by atoms with Gasteiger partial charge in [-0.3, -0.25) is 0 Å². The fourth-order valence-corrected chi connectivity index (χ4v) is 3.46. The predicted molar refractivity (Wildman–Crippen MR) is 68.7 cm³/mol. The number of halogens is 1. The highest BCUT2D eigenvalue weighted by molar-refractivity contribution is 5.44. The Balaban J connectivity index is 1.91. The molecule has 0 bridgehead atoms. The van der Waals surface area contributed by atoms with Crippen LogP contribution in [0.5, 0.6) is 0 Å². The van der Waals surface area contributed by atoms with Gasteiger partial charge < -0.3 is 10.6 Å². The van der Waals surface area contributed by atoms with Crippen molar-refractivity contribution in [2.75, 3.05) is 17.2 Å². The van der Waals surface area contributed by atoms with Crippen molar-refractivity contribution in [3.05, 3.63) is 12.0 Å². The molecule has 2 heterocycles. The van der Waals surface area contributed by atoms with E-state index in [1.165, 1.54) is 31.9 Å². The third-order valence-corrected chi connectivity index (χ3v) is 4.26. The van der Waals surface area contributed by atoms with E-state index in [1.807, 2.05) is 0 Å². The van der Waals surface area contributed by atoms with Crippen LogP contribution in [0.25, 0.3) is 0 Å². The van der Waals surface area contributed by atoms with Crippen molar-refractivity contribution in [3.8, 4) is 0 Å². The molecule has 0 spiro atoms. The second-order valence-electron chi connectivity index (χ2n) is 5.35. The van der Waals surface area contributed by atoms with E-state index in [4.69, 9.17) is 5.73 Å². The highest BCUT2D eigenvalue weighted by atomic mass is 19.1. The van der Waals surface area contributed by atoms with Crippen LogP contribution < -0.4 is 10.6 Å². The standard InChI is InChI=1S/C13H19FN4/c14-10-8-16-13(15)17-12(10)18-7-3-5-9-4-1-2-6-11(9)18/h8-9,11H,1-7H2,(H2,15,16,17)/t9-,11-/m1/s1. The maximum atomic E-state index is 13.9. The molecule has 18 heavy (non-hydrogen) atoms. The first-order chi connectivity index (χ1) is 8.75. The molecule has 0 unspecified atom stereocenters. The molecule has 1 saturated heterocycles. The lowest BCUT2D eigenvalue weighted by Gasteiger charge is -2.44. The highest BCUT2D eigenvalue weighted by Crippen LogP contribution is 2.37. The third-order valence-electron chi connectivity index (χ3n) is 4.26. The average Bonchev–Trinajstić information content (AvgIpc) is 2.41. The molecule has 2 N–H and O–H groups in total. The number of nitrogen functional groups attached to an aromatic ring is 1. The lowest BCUT2D eigenvalue weighted by molar-refractivity contribution is 0.241. The number of anilines is 2. The number of aromatic nitrogens is 2. The number of nitrogens with zero attached hydrogens (tertiary/aromatic N) is 3. The third kappa shape index (κ3) is 2.02. The molecule has 0 radical (unpaired) electrons. The van der Waals surface area contributed by atoms with Crippen molar-refractivity contribution in [3.63, 3.8) is 0 Å². The SMILES string of the molecule is Nc1ncc(F)c(N2CCC[C@H]3CCCC[C@H]32)n1. The number of fused-ring (bicyclic) bond motifs is 1. The maximum absolute atomic E-state index is 13.9. The zero-order valence-electron chi connectivity index (χ0n) is 10.5. The van der Waals surface area contributed by atoms with Gasteiger partial charge in [-0.1, -0.05) is 12.8 Å². The molecule has 1 aromatic rings. The van der Waals surface area contributed by atoms with Crippen LogP contribution in [-0.4, -0.2) is 22.6 Å². The van der Waals surface area contributed by atoms with E-state index in [0.717, 1.165) is 19.4 Å². The summed E-state index contributed by atoms with van der Waals surface area (Å²) in [6, 6.07) is 0.441. The monoisotopic (exact) mass is 250 g/mol. The molecule has 0 aromatic carbocycles.